The molecule has 0 aromatic heterocycles. The minimum atomic E-state index is 0.124. The number of carbonyl (C=O) groups excluding carboxylic acids is 2. The average Bonchev–Trinajstić information content (AvgIpc) is 2.60. The van der Waals surface area contributed by atoms with E-state index in [4.69, 9.17) is 9.47 Å². The number of hydrogen-bond donors (Lipinski definition) is 1. The molecule has 148 valence electrons. The van der Waals surface area contributed by atoms with E-state index in [1.807, 2.05) is 0 Å². The summed E-state index contributed by atoms with van der Waals surface area (Å²) in [5.74, 6) is 0.509. The summed E-state index contributed by atoms with van der Waals surface area (Å²) >= 11 is 0. The maximum absolute atomic E-state index is 11.7. The second kappa shape index (κ2) is 19.4. The number of ketones is 1. The largest absolute Gasteiger partial charge is 0.385 e. The van der Waals surface area contributed by atoms with Crippen LogP contribution in [0, 0.1) is 0 Å². The van der Waals surface area contributed by atoms with Crippen molar-refractivity contribution in [3.63, 3.8) is 0 Å². The third kappa shape index (κ3) is 19.2. The summed E-state index contributed by atoms with van der Waals surface area (Å²) in [7, 11) is 1.69. The standard InChI is InChI=1S/C20H39NO4/c1-3-16-25-18-15-21-20(23)14-9-7-5-4-6-8-12-19(22)13-10-11-17-24-2/h3-18H2,1-2H3,(H,21,23). The highest BCUT2D eigenvalue weighted by Gasteiger charge is 2.03. The lowest BCUT2D eigenvalue weighted by Crippen LogP contribution is -2.27. The molecule has 0 heterocycles. The molecule has 5 heteroatoms. The second-order valence-corrected chi connectivity index (χ2v) is 6.57. The van der Waals surface area contributed by atoms with Gasteiger partial charge in [0.1, 0.15) is 5.78 Å². The third-order valence-electron chi connectivity index (χ3n) is 4.08. The first-order valence-corrected chi connectivity index (χ1v) is 10.1. The second-order valence-electron chi connectivity index (χ2n) is 6.57. The van der Waals surface area contributed by atoms with Gasteiger partial charge in [0.15, 0.2) is 0 Å². The first-order chi connectivity index (χ1) is 12.2. The molecule has 1 N–H and O–H groups in total. The summed E-state index contributed by atoms with van der Waals surface area (Å²) < 4.78 is 10.3. The van der Waals surface area contributed by atoms with Crippen LogP contribution in [0.2, 0.25) is 0 Å². The normalized spacial score (nSPS) is 10.8. The van der Waals surface area contributed by atoms with Crippen LogP contribution in [0.15, 0.2) is 0 Å². The Morgan fingerprint density at radius 2 is 1.36 bits per heavy atom. The van der Waals surface area contributed by atoms with E-state index in [-0.39, 0.29) is 5.91 Å². The first-order valence-electron chi connectivity index (χ1n) is 10.1. The number of unbranched alkanes of at least 4 members (excludes halogenated alkanes) is 6. The molecular formula is C20H39NO4. The lowest BCUT2D eigenvalue weighted by atomic mass is 10.0. The number of amides is 1. The van der Waals surface area contributed by atoms with Gasteiger partial charge in [-0.05, 0) is 32.1 Å². The lowest BCUT2D eigenvalue weighted by molar-refractivity contribution is -0.121. The van der Waals surface area contributed by atoms with Gasteiger partial charge in [-0.25, -0.2) is 0 Å². The van der Waals surface area contributed by atoms with E-state index >= 15 is 0 Å². The van der Waals surface area contributed by atoms with Gasteiger partial charge in [-0.15, -0.1) is 0 Å². The molecule has 0 radical (unpaired) electrons. The fourth-order valence-corrected chi connectivity index (χ4v) is 2.61. The Labute approximate surface area is 154 Å². The number of methoxy groups -OCH3 is 1. The number of rotatable bonds is 19. The van der Waals surface area contributed by atoms with Crippen LogP contribution in [0.25, 0.3) is 0 Å². The van der Waals surface area contributed by atoms with Crippen LogP contribution in [0.5, 0.6) is 0 Å². The number of nitrogens with one attached hydrogen (secondary N) is 1. The van der Waals surface area contributed by atoms with E-state index in [9.17, 15) is 9.59 Å². The molecule has 0 aliphatic heterocycles. The summed E-state index contributed by atoms with van der Waals surface area (Å²) in [5.41, 5.74) is 0. The van der Waals surface area contributed by atoms with Crippen molar-refractivity contribution in [1.82, 2.24) is 5.32 Å². The van der Waals surface area contributed by atoms with Gasteiger partial charge in [0, 0.05) is 46.1 Å². The molecule has 0 saturated heterocycles. The number of hydrogen-bond acceptors (Lipinski definition) is 4. The van der Waals surface area contributed by atoms with E-state index in [1.165, 1.54) is 0 Å². The number of Topliss-reactive ketones (excluding diaryl/α,β-unsaturated/α-hetero) is 1. The highest BCUT2D eigenvalue weighted by atomic mass is 16.5. The predicted octanol–water partition coefficient (Wildman–Crippen LogP) is 4.04. The van der Waals surface area contributed by atoms with Crippen LogP contribution in [-0.2, 0) is 19.1 Å². The van der Waals surface area contributed by atoms with E-state index in [1.54, 1.807) is 7.11 Å². The fraction of sp³-hybridized carbons (Fsp3) is 0.900. The van der Waals surface area contributed by atoms with Crippen molar-refractivity contribution < 1.29 is 19.1 Å². The molecule has 1 amide bonds. The van der Waals surface area contributed by atoms with Crippen LogP contribution in [0.3, 0.4) is 0 Å². The molecule has 0 aliphatic rings. The zero-order valence-corrected chi connectivity index (χ0v) is 16.4. The minimum absolute atomic E-state index is 0.124. The molecule has 0 aromatic carbocycles. The van der Waals surface area contributed by atoms with Crippen LogP contribution >= 0.6 is 0 Å². The Morgan fingerprint density at radius 1 is 0.760 bits per heavy atom. The van der Waals surface area contributed by atoms with Crippen LogP contribution in [0.4, 0.5) is 0 Å². The van der Waals surface area contributed by atoms with Crippen molar-refractivity contribution in [1.29, 1.82) is 0 Å². The number of carbonyl (C=O) groups is 2. The molecule has 0 aromatic rings. The van der Waals surface area contributed by atoms with E-state index < -0.39 is 0 Å². The maximum atomic E-state index is 11.7. The van der Waals surface area contributed by atoms with E-state index in [2.05, 4.69) is 12.2 Å². The lowest BCUT2D eigenvalue weighted by Gasteiger charge is -2.06. The van der Waals surface area contributed by atoms with Crippen molar-refractivity contribution in [2.24, 2.45) is 0 Å². The Morgan fingerprint density at radius 3 is 2.00 bits per heavy atom. The predicted molar refractivity (Wildman–Crippen MR) is 102 cm³/mol. The fourth-order valence-electron chi connectivity index (χ4n) is 2.61. The number of ether oxygens (including phenoxy) is 2. The summed E-state index contributed by atoms with van der Waals surface area (Å²) in [6.07, 6.45) is 11.4. The zero-order chi connectivity index (χ0) is 18.6. The molecule has 0 aliphatic carbocycles. The minimum Gasteiger partial charge on any atom is -0.385 e. The van der Waals surface area contributed by atoms with Crippen molar-refractivity contribution in [3.05, 3.63) is 0 Å². The third-order valence-corrected chi connectivity index (χ3v) is 4.08. The van der Waals surface area contributed by atoms with Gasteiger partial charge >= 0.3 is 0 Å². The molecule has 0 atom stereocenters. The average molecular weight is 358 g/mol. The molecular weight excluding hydrogens is 318 g/mol. The van der Waals surface area contributed by atoms with Gasteiger partial charge < -0.3 is 14.8 Å². The van der Waals surface area contributed by atoms with Crippen molar-refractivity contribution >= 4 is 11.7 Å². The van der Waals surface area contributed by atoms with Crippen LogP contribution < -0.4 is 5.32 Å². The Hall–Kier alpha value is -0.940. The molecule has 0 saturated carbocycles. The first kappa shape index (κ1) is 24.1. The van der Waals surface area contributed by atoms with Gasteiger partial charge in [0.2, 0.25) is 5.91 Å². The summed E-state index contributed by atoms with van der Waals surface area (Å²) in [4.78, 5) is 23.3. The molecule has 0 rings (SSSR count). The summed E-state index contributed by atoms with van der Waals surface area (Å²) in [5, 5.41) is 2.88. The molecule has 25 heavy (non-hydrogen) atoms. The van der Waals surface area contributed by atoms with Gasteiger partial charge in [-0.3, -0.25) is 9.59 Å². The SMILES string of the molecule is CCCOCCNC(=O)CCCCCCCCC(=O)CCCCOC. The van der Waals surface area contributed by atoms with Crippen LogP contribution in [0.1, 0.15) is 84.0 Å². The van der Waals surface area contributed by atoms with Gasteiger partial charge in [0.05, 0.1) is 6.61 Å². The van der Waals surface area contributed by atoms with Gasteiger partial charge in [-0.1, -0.05) is 32.6 Å². The zero-order valence-electron chi connectivity index (χ0n) is 16.4. The molecule has 0 fully saturated rings. The Balaban J connectivity index is 3.24. The molecule has 0 unspecified atom stereocenters. The molecule has 0 spiro atoms. The Kier molecular flexibility index (Phi) is 18.7. The quantitative estimate of drug-likeness (QED) is 0.354. The van der Waals surface area contributed by atoms with Gasteiger partial charge in [-0.2, -0.15) is 0 Å². The topological polar surface area (TPSA) is 64.6 Å². The summed E-state index contributed by atoms with van der Waals surface area (Å²) in [6, 6.07) is 0. The van der Waals surface area contributed by atoms with E-state index in [0.717, 1.165) is 77.4 Å². The highest BCUT2D eigenvalue weighted by Crippen LogP contribution is 2.10. The Bertz CT molecular complexity index is 321. The summed E-state index contributed by atoms with van der Waals surface area (Å²) in [6.45, 7) is 4.79. The van der Waals surface area contributed by atoms with Crippen LogP contribution in [-0.4, -0.2) is 45.2 Å². The smallest absolute Gasteiger partial charge is 0.220 e. The van der Waals surface area contributed by atoms with Crippen molar-refractivity contribution in [3.8, 4) is 0 Å². The maximum Gasteiger partial charge on any atom is 0.220 e. The van der Waals surface area contributed by atoms with Crippen molar-refractivity contribution in [2.45, 2.75) is 84.0 Å². The molecule has 0 bridgehead atoms. The monoisotopic (exact) mass is 357 g/mol. The highest BCUT2D eigenvalue weighted by molar-refractivity contribution is 5.78. The van der Waals surface area contributed by atoms with Gasteiger partial charge in [0.25, 0.3) is 0 Å². The molecule has 5 nitrogen and oxygen atoms in total. The van der Waals surface area contributed by atoms with E-state index in [0.29, 0.717) is 31.8 Å². The van der Waals surface area contributed by atoms with Crippen molar-refractivity contribution in [2.75, 3.05) is 33.5 Å².